The average Bonchev–Trinajstić information content (AvgIpc) is 2.05. The third-order valence-electron chi connectivity index (χ3n) is 2.34. The minimum absolute atomic E-state index is 0.564. The quantitative estimate of drug-likeness (QED) is 0.638. The lowest BCUT2D eigenvalue weighted by Crippen LogP contribution is -2.24. The number of hydrogen-bond donors (Lipinski definition) is 1. The predicted octanol–water partition coefficient (Wildman–Crippen LogP) is 2.26. The molecule has 0 fully saturated rings. The molecule has 0 aromatic carbocycles. The monoisotopic (exact) mass is 151 g/mol. The Bertz CT molecular complexity index is 189. The summed E-state index contributed by atoms with van der Waals surface area (Å²) < 4.78 is 0. The molecule has 11 heavy (non-hydrogen) atoms. The Hall–Kier alpha value is -0.560. The molecule has 0 saturated heterocycles. The van der Waals surface area contributed by atoms with Gasteiger partial charge in [-0.25, -0.2) is 0 Å². The van der Waals surface area contributed by atoms with Crippen LogP contribution in [0.1, 0.15) is 26.7 Å². The molecule has 1 rings (SSSR count). The minimum Gasteiger partial charge on any atom is -0.313 e. The van der Waals surface area contributed by atoms with E-state index in [1.54, 1.807) is 0 Å². The predicted molar refractivity (Wildman–Crippen MR) is 49.6 cm³/mol. The van der Waals surface area contributed by atoms with E-state index in [9.17, 15) is 0 Å². The van der Waals surface area contributed by atoms with E-state index in [0.717, 1.165) is 12.8 Å². The fourth-order valence-corrected chi connectivity index (χ4v) is 1.48. The molecule has 62 valence electrons. The van der Waals surface area contributed by atoms with Crippen molar-refractivity contribution in [2.24, 2.45) is 0 Å². The molecular formula is C10H17N. The van der Waals surface area contributed by atoms with Crippen LogP contribution in [0.3, 0.4) is 0 Å². The van der Waals surface area contributed by atoms with Crippen LogP contribution in [0, 0.1) is 0 Å². The molecule has 1 atom stereocenters. The molecule has 0 aromatic heterocycles. The lowest BCUT2D eigenvalue weighted by molar-refractivity contribution is 0.660. The fraction of sp³-hybridized carbons (Fsp3) is 0.600. The molecule has 1 aliphatic rings. The van der Waals surface area contributed by atoms with Crippen LogP contribution in [0.25, 0.3) is 0 Å². The van der Waals surface area contributed by atoms with Crippen LogP contribution >= 0.6 is 0 Å². The van der Waals surface area contributed by atoms with Crippen molar-refractivity contribution in [2.75, 3.05) is 7.05 Å². The van der Waals surface area contributed by atoms with E-state index in [0.29, 0.717) is 6.04 Å². The molecule has 1 aliphatic carbocycles. The third-order valence-corrected chi connectivity index (χ3v) is 2.34. The first-order chi connectivity index (χ1) is 5.27. The second-order valence-electron chi connectivity index (χ2n) is 3.06. The molecule has 0 heterocycles. The number of rotatable bonds is 2. The van der Waals surface area contributed by atoms with Crippen molar-refractivity contribution in [2.45, 2.75) is 32.7 Å². The molecule has 1 nitrogen and oxygen atoms in total. The summed E-state index contributed by atoms with van der Waals surface area (Å²) in [6, 6.07) is 0.564. The van der Waals surface area contributed by atoms with Crippen molar-refractivity contribution in [1.82, 2.24) is 5.32 Å². The Morgan fingerprint density at radius 3 is 2.91 bits per heavy atom. The van der Waals surface area contributed by atoms with Crippen LogP contribution < -0.4 is 5.32 Å². The zero-order valence-corrected chi connectivity index (χ0v) is 7.65. The summed E-state index contributed by atoms with van der Waals surface area (Å²) in [5.74, 6) is 0. The number of likely N-dealkylation sites (N-methyl/N-ethyl adjacent to an activating group) is 1. The first kappa shape index (κ1) is 8.54. The van der Waals surface area contributed by atoms with Crippen molar-refractivity contribution in [3.05, 3.63) is 23.3 Å². The summed E-state index contributed by atoms with van der Waals surface area (Å²) >= 11 is 0. The molecular weight excluding hydrogens is 134 g/mol. The van der Waals surface area contributed by atoms with Crippen molar-refractivity contribution in [1.29, 1.82) is 0 Å². The maximum absolute atomic E-state index is 3.27. The summed E-state index contributed by atoms with van der Waals surface area (Å²) in [6.07, 6.45) is 6.96. The summed E-state index contributed by atoms with van der Waals surface area (Å²) in [4.78, 5) is 0. The second kappa shape index (κ2) is 3.72. The molecule has 0 amide bonds. The van der Waals surface area contributed by atoms with Crippen molar-refractivity contribution in [3.8, 4) is 0 Å². The van der Waals surface area contributed by atoms with Crippen molar-refractivity contribution >= 4 is 0 Å². The van der Waals surface area contributed by atoms with Crippen molar-refractivity contribution in [3.63, 3.8) is 0 Å². The normalized spacial score (nSPS) is 24.5. The highest BCUT2D eigenvalue weighted by Crippen LogP contribution is 2.20. The average molecular weight is 151 g/mol. The molecule has 0 bridgehead atoms. The summed E-state index contributed by atoms with van der Waals surface area (Å²) in [7, 11) is 2.02. The van der Waals surface area contributed by atoms with Gasteiger partial charge in [0.25, 0.3) is 0 Å². The van der Waals surface area contributed by atoms with Gasteiger partial charge >= 0.3 is 0 Å². The Kier molecular flexibility index (Phi) is 2.89. The maximum atomic E-state index is 3.27. The summed E-state index contributed by atoms with van der Waals surface area (Å²) in [5, 5.41) is 3.27. The number of hydrogen-bond acceptors (Lipinski definition) is 1. The second-order valence-corrected chi connectivity index (χ2v) is 3.06. The smallest absolute Gasteiger partial charge is 0.0287 e. The van der Waals surface area contributed by atoms with Crippen LogP contribution in [0.15, 0.2) is 23.3 Å². The van der Waals surface area contributed by atoms with E-state index in [-0.39, 0.29) is 0 Å². The topological polar surface area (TPSA) is 12.0 Å². The molecule has 0 spiro atoms. The first-order valence-electron chi connectivity index (χ1n) is 4.33. The highest BCUT2D eigenvalue weighted by Gasteiger charge is 2.08. The van der Waals surface area contributed by atoms with Gasteiger partial charge in [-0.1, -0.05) is 24.6 Å². The van der Waals surface area contributed by atoms with Gasteiger partial charge in [0.2, 0.25) is 0 Å². The molecule has 1 N–H and O–H groups in total. The SMILES string of the molecule is CCC1=CC(NC)CC=C1C. The van der Waals surface area contributed by atoms with Gasteiger partial charge in [0.05, 0.1) is 0 Å². The Labute approximate surface area is 69.2 Å². The zero-order valence-electron chi connectivity index (χ0n) is 7.65. The van der Waals surface area contributed by atoms with Crippen LogP contribution in [-0.2, 0) is 0 Å². The van der Waals surface area contributed by atoms with E-state index in [1.165, 1.54) is 11.1 Å². The van der Waals surface area contributed by atoms with Gasteiger partial charge in [0.1, 0.15) is 0 Å². The summed E-state index contributed by atoms with van der Waals surface area (Å²) in [6.45, 7) is 4.41. The van der Waals surface area contributed by atoms with Crippen molar-refractivity contribution < 1.29 is 0 Å². The van der Waals surface area contributed by atoms with Gasteiger partial charge in [0, 0.05) is 6.04 Å². The van der Waals surface area contributed by atoms with Gasteiger partial charge in [-0.05, 0) is 32.4 Å². The van der Waals surface area contributed by atoms with Gasteiger partial charge in [-0.15, -0.1) is 0 Å². The Balaban J connectivity index is 2.69. The Morgan fingerprint density at radius 2 is 2.36 bits per heavy atom. The third kappa shape index (κ3) is 1.93. The standard InChI is InChI=1S/C10H17N/c1-4-9-7-10(11-3)6-5-8(9)2/h5,7,10-11H,4,6H2,1-3H3. The molecule has 1 unspecified atom stereocenters. The van der Waals surface area contributed by atoms with Crippen LogP contribution in [-0.4, -0.2) is 13.1 Å². The van der Waals surface area contributed by atoms with Gasteiger partial charge in [0.15, 0.2) is 0 Å². The van der Waals surface area contributed by atoms with E-state index < -0.39 is 0 Å². The minimum atomic E-state index is 0.564. The van der Waals surface area contributed by atoms with Crippen LogP contribution in [0.4, 0.5) is 0 Å². The lowest BCUT2D eigenvalue weighted by Gasteiger charge is -2.18. The van der Waals surface area contributed by atoms with E-state index in [2.05, 4.69) is 31.3 Å². The van der Waals surface area contributed by atoms with Gasteiger partial charge in [-0.2, -0.15) is 0 Å². The fourth-order valence-electron chi connectivity index (χ4n) is 1.48. The van der Waals surface area contributed by atoms with Crippen LogP contribution in [0.2, 0.25) is 0 Å². The number of nitrogens with one attached hydrogen (secondary N) is 1. The maximum Gasteiger partial charge on any atom is 0.0287 e. The highest BCUT2D eigenvalue weighted by molar-refractivity contribution is 5.33. The van der Waals surface area contributed by atoms with E-state index in [1.807, 2.05) is 7.05 Å². The zero-order chi connectivity index (χ0) is 8.27. The molecule has 1 heteroatoms. The molecule has 0 saturated carbocycles. The lowest BCUT2D eigenvalue weighted by atomic mass is 9.94. The van der Waals surface area contributed by atoms with Crippen LogP contribution in [0.5, 0.6) is 0 Å². The van der Waals surface area contributed by atoms with Gasteiger partial charge < -0.3 is 5.32 Å². The molecule has 0 aliphatic heterocycles. The molecule has 0 radical (unpaired) electrons. The largest absolute Gasteiger partial charge is 0.313 e. The van der Waals surface area contributed by atoms with Gasteiger partial charge in [-0.3, -0.25) is 0 Å². The Morgan fingerprint density at radius 1 is 1.64 bits per heavy atom. The highest BCUT2D eigenvalue weighted by atomic mass is 14.9. The molecule has 0 aromatic rings. The van der Waals surface area contributed by atoms with E-state index in [4.69, 9.17) is 0 Å². The first-order valence-corrected chi connectivity index (χ1v) is 4.33. The van der Waals surface area contributed by atoms with E-state index >= 15 is 0 Å². The number of allylic oxidation sites excluding steroid dienone is 2. The summed E-state index contributed by atoms with van der Waals surface area (Å²) in [5.41, 5.74) is 2.95.